The average Bonchev–Trinajstić information content (AvgIpc) is 3.04. The minimum Gasteiger partial charge on any atom is -0.349 e. The number of aromatic nitrogens is 2. The summed E-state index contributed by atoms with van der Waals surface area (Å²) in [5, 5.41) is 5.51. The van der Waals surface area contributed by atoms with E-state index in [9.17, 15) is 9.59 Å². The van der Waals surface area contributed by atoms with Gasteiger partial charge in [-0.2, -0.15) is 0 Å². The summed E-state index contributed by atoms with van der Waals surface area (Å²) in [4.78, 5) is 30.4. The molecule has 22 heavy (non-hydrogen) atoms. The molecule has 0 radical (unpaired) electrons. The van der Waals surface area contributed by atoms with Crippen LogP contribution in [0, 0.1) is 0 Å². The highest BCUT2D eigenvalue weighted by Gasteiger charge is 2.08. The van der Waals surface area contributed by atoms with Crippen molar-refractivity contribution in [1.29, 1.82) is 0 Å². The Morgan fingerprint density at radius 2 is 2.05 bits per heavy atom. The van der Waals surface area contributed by atoms with Crippen molar-refractivity contribution in [3.63, 3.8) is 0 Å². The highest BCUT2D eigenvalue weighted by molar-refractivity contribution is 5.93. The summed E-state index contributed by atoms with van der Waals surface area (Å²) in [5.41, 5.74) is 1.93. The molecule has 1 aromatic heterocycles. The van der Waals surface area contributed by atoms with Crippen LogP contribution >= 0.6 is 0 Å². The fourth-order valence-electron chi connectivity index (χ4n) is 1.98. The van der Waals surface area contributed by atoms with Crippen molar-refractivity contribution in [1.82, 2.24) is 15.3 Å². The highest BCUT2D eigenvalue weighted by Crippen LogP contribution is 2.11. The molecular formula is C16H20N4O2. The number of nitrogens with zero attached hydrogens (tertiary/aromatic N) is 1. The number of amides is 2. The lowest BCUT2D eigenvalue weighted by molar-refractivity contribution is -0.124. The van der Waals surface area contributed by atoms with E-state index in [0.29, 0.717) is 12.4 Å². The first-order valence-electron chi connectivity index (χ1n) is 7.31. The number of aryl methyl sites for hydroxylation is 1. The summed E-state index contributed by atoms with van der Waals surface area (Å²) in [6, 6.07) is 7.70. The van der Waals surface area contributed by atoms with Crippen LogP contribution in [0.5, 0.6) is 0 Å². The summed E-state index contributed by atoms with van der Waals surface area (Å²) < 4.78 is 0. The van der Waals surface area contributed by atoms with E-state index in [-0.39, 0.29) is 24.7 Å². The molecule has 2 aromatic rings. The minimum absolute atomic E-state index is 0.153. The van der Waals surface area contributed by atoms with Gasteiger partial charge in [0, 0.05) is 30.9 Å². The molecule has 0 fully saturated rings. The topological polar surface area (TPSA) is 86.9 Å². The number of H-pyrrole nitrogens is 1. The molecule has 0 atom stereocenters. The Kier molecular flexibility index (Phi) is 5.71. The quantitative estimate of drug-likeness (QED) is 0.731. The normalized spacial score (nSPS) is 10.2. The van der Waals surface area contributed by atoms with Crippen LogP contribution in [-0.2, 0) is 22.6 Å². The van der Waals surface area contributed by atoms with Crippen LogP contribution in [0.4, 0.5) is 5.69 Å². The Morgan fingerprint density at radius 3 is 2.77 bits per heavy atom. The molecule has 0 saturated carbocycles. The van der Waals surface area contributed by atoms with E-state index in [1.54, 1.807) is 12.4 Å². The number of imidazole rings is 1. The lowest BCUT2D eigenvalue weighted by atomic mass is 10.1. The maximum atomic E-state index is 11.8. The van der Waals surface area contributed by atoms with Crippen molar-refractivity contribution in [2.24, 2.45) is 0 Å². The van der Waals surface area contributed by atoms with E-state index < -0.39 is 0 Å². The fraction of sp³-hybridized carbons (Fsp3) is 0.312. The number of hydrogen-bond acceptors (Lipinski definition) is 3. The standard InChI is InChI=1S/C16H20N4O2/c1-2-12-4-3-5-13(10-12)20-16(22)7-6-15(21)19-11-14-17-8-9-18-14/h3-5,8-10H,2,6-7,11H2,1H3,(H,17,18)(H,19,21)(H,20,22). The third-order valence-corrected chi connectivity index (χ3v) is 3.21. The van der Waals surface area contributed by atoms with Gasteiger partial charge in [0.15, 0.2) is 0 Å². The fourth-order valence-corrected chi connectivity index (χ4v) is 1.98. The van der Waals surface area contributed by atoms with Crippen molar-refractivity contribution in [3.05, 3.63) is 48.0 Å². The van der Waals surface area contributed by atoms with Gasteiger partial charge in [-0.15, -0.1) is 0 Å². The van der Waals surface area contributed by atoms with Gasteiger partial charge in [-0.1, -0.05) is 19.1 Å². The van der Waals surface area contributed by atoms with E-state index in [0.717, 1.165) is 17.7 Å². The molecule has 0 bridgehead atoms. The Bertz CT molecular complexity index is 623. The van der Waals surface area contributed by atoms with E-state index in [4.69, 9.17) is 0 Å². The van der Waals surface area contributed by atoms with Crippen LogP contribution in [-0.4, -0.2) is 21.8 Å². The van der Waals surface area contributed by atoms with Gasteiger partial charge in [-0.25, -0.2) is 4.98 Å². The van der Waals surface area contributed by atoms with E-state index in [2.05, 4.69) is 27.5 Å². The number of benzene rings is 1. The molecule has 2 rings (SSSR count). The number of nitrogens with one attached hydrogen (secondary N) is 3. The van der Waals surface area contributed by atoms with Gasteiger partial charge in [-0.05, 0) is 24.1 Å². The minimum atomic E-state index is -0.172. The highest BCUT2D eigenvalue weighted by atomic mass is 16.2. The first-order chi connectivity index (χ1) is 10.7. The summed E-state index contributed by atoms with van der Waals surface area (Å²) in [6.45, 7) is 2.40. The predicted molar refractivity (Wildman–Crippen MR) is 84.1 cm³/mol. The Balaban J connectivity index is 1.71. The smallest absolute Gasteiger partial charge is 0.224 e. The van der Waals surface area contributed by atoms with E-state index in [1.807, 2.05) is 24.3 Å². The van der Waals surface area contributed by atoms with Gasteiger partial charge in [0.05, 0.1) is 6.54 Å². The monoisotopic (exact) mass is 300 g/mol. The van der Waals surface area contributed by atoms with Crippen molar-refractivity contribution < 1.29 is 9.59 Å². The van der Waals surface area contributed by atoms with Crippen LogP contribution in [0.2, 0.25) is 0 Å². The second-order valence-electron chi connectivity index (χ2n) is 4.91. The van der Waals surface area contributed by atoms with Crippen molar-refractivity contribution in [2.75, 3.05) is 5.32 Å². The predicted octanol–water partition coefficient (Wildman–Crippen LogP) is 2.01. The van der Waals surface area contributed by atoms with Crippen molar-refractivity contribution >= 4 is 17.5 Å². The lowest BCUT2D eigenvalue weighted by Gasteiger charge is -2.07. The van der Waals surface area contributed by atoms with Crippen LogP contribution < -0.4 is 10.6 Å². The third-order valence-electron chi connectivity index (χ3n) is 3.21. The van der Waals surface area contributed by atoms with E-state index in [1.165, 1.54) is 0 Å². The van der Waals surface area contributed by atoms with Crippen LogP contribution in [0.3, 0.4) is 0 Å². The van der Waals surface area contributed by atoms with Gasteiger partial charge in [0.1, 0.15) is 5.82 Å². The molecule has 6 heteroatoms. The molecule has 0 aliphatic rings. The third kappa shape index (κ3) is 5.05. The van der Waals surface area contributed by atoms with Crippen molar-refractivity contribution in [2.45, 2.75) is 32.7 Å². The summed E-state index contributed by atoms with van der Waals surface area (Å²) in [6.07, 6.45) is 4.54. The molecule has 0 aliphatic carbocycles. The maximum Gasteiger partial charge on any atom is 0.224 e. The Labute approximate surface area is 129 Å². The average molecular weight is 300 g/mol. The van der Waals surface area contributed by atoms with Gasteiger partial charge in [0.25, 0.3) is 0 Å². The summed E-state index contributed by atoms with van der Waals surface area (Å²) in [7, 11) is 0. The zero-order chi connectivity index (χ0) is 15.8. The molecule has 6 nitrogen and oxygen atoms in total. The zero-order valence-electron chi connectivity index (χ0n) is 12.6. The SMILES string of the molecule is CCc1cccc(NC(=O)CCC(=O)NCc2ncc[nH]2)c1. The van der Waals surface area contributed by atoms with Gasteiger partial charge >= 0.3 is 0 Å². The van der Waals surface area contributed by atoms with E-state index >= 15 is 0 Å². The van der Waals surface area contributed by atoms with Gasteiger partial charge in [-0.3, -0.25) is 9.59 Å². The molecule has 3 N–H and O–H groups in total. The number of hydrogen-bond donors (Lipinski definition) is 3. The largest absolute Gasteiger partial charge is 0.349 e. The van der Waals surface area contributed by atoms with Crippen LogP contribution in [0.25, 0.3) is 0 Å². The molecular weight excluding hydrogens is 280 g/mol. The molecule has 2 amide bonds. The number of aromatic amines is 1. The number of carbonyl (C=O) groups is 2. The van der Waals surface area contributed by atoms with Gasteiger partial charge in [0.2, 0.25) is 11.8 Å². The second-order valence-corrected chi connectivity index (χ2v) is 4.91. The Morgan fingerprint density at radius 1 is 1.23 bits per heavy atom. The second kappa shape index (κ2) is 7.97. The van der Waals surface area contributed by atoms with Crippen LogP contribution in [0.15, 0.2) is 36.7 Å². The lowest BCUT2D eigenvalue weighted by Crippen LogP contribution is -2.24. The van der Waals surface area contributed by atoms with Gasteiger partial charge < -0.3 is 15.6 Å². The summed E-state index contributed by atoms with van der Waals surface area (Å²) >= 11 is 0. The molecule has 116 valence electrons. The van der Waals surface area contributed by atoms with Crippen LogP contribution in [0.1, 0.15) is 31.2 Å². The molecule has 0 saturated heterocycles. The van der Waals surface area contributed by atoms with Crippen molar-refractivity contribution in [3.8, 4) is 0 Å². The molecule has 1 aromatic carbocycles. The maximum absolute atomic E-state index is 11.8. The Hall–Kier alpha value is -2.63. The molecule has 0 aliphatic heterocycles. The molecule has 0 spiro atoms. The first-order valence-corrected chi connectivity index (χ1v) is 7.31. The zero-order valence-corrected chi connectivity index (χ0v) is 12.6. The molecule has 1 heterocycles. The first kappa shape index (κ1) is 15.8. The molecule has 0 unspecified atom stereocenters. The number of carbonyl (C=O) groups excluding carboxylic acids is 2. The number of anilines is 1. The summed E-state index contributed by atoms with van der Waals surface area (Å²) in [5.74, 6) is 0.351. The number of rotatable bonds is 7.